The van der Waals surface area contributed by atoms with Crippen molar-refractivity contribution >= 4 is 5.82 Å². The van der Waals surface area contributed by atoms with Crippen LogP contribution in [0.4, 0.5) is 10.2 Å². The van der Waals surface area contributed by atoms with Crippen molar-refractivity contribution in [3.63, 3.8) is 0 Å². The van der Waals surface area contributed by atoms with Crippen LogP contribution in [-0.2, 0) is 14.1 Å². The predicted octanol–water partition coefficient (Wildman–Crippen LogP) is 1.14. The highest BCUT2D eigenvalue weighted by Gasteiger charge is 2.26. The number of aromatic nitrogens is 2. The Labute approximate surface area is 149 Å². The van der Waals surface area contributed by atoms with Gasteiger partial charge in [-0.25, -0.2) is 9.18 Å². The fourth-order valence-corrected chi connectivity index (χ4v) is 3.19. The molecule has 0 N–H and O–H groups in total. The smallest absolute Gasteiger partial charge is 0.332 e. The van der Waals surface area contributed by atoms with Crippen molar-refractivity contribution < 1.29 is 9.13 Å². The van der Waals surface area contributed by atoms with Crippen molar-refractivity contribution in [2.24, 2.45) is 14.1 Å². The molecule has 1 aliphatic rings. The second-order valence-electron chi connectivity index (χ2n) is 6.27. The van der Waals surface area contributed by atoms with E-state index >= 15 is 0 Å². The van der Waals surface area contributed by atoms with Gasteiger partial charge < -0.3 is 9.64 Å². The van der Waals surface area contributed by atoms with E-state index in [-0.39, 0.29) is 17.5 Å². The predicted molar refractivity (Wildman–Crippen MR) is 93.9 cm³/mol. The molecule has 0 atom stereocenters. The summed E-state index contributed by atoms with van der Waals surface area (Å²) < 4.78 is 21.1. The summed E-state index contributed by atoms with van der Waals surface area (Å²) in [6.07, 6.45) is 1.27. The molecule has 0 spiro atoms. The van der Waals surface area contributed by atoms with Gasteiger partial charge in [0.05, 0.1) is 0 Å². The Morgan fingerprint density at radius 2 is 1.73 bits per heavy atom. The van der Waals surface area contributed by atoms with E-state index in [1.165, 1.54) is 23.7 Å². The number of nitriles is 1. The van der Waals surface area contributed by atoms with Gasteiger partial charge in [0.1, 0.15) is 29.6 Å². The van der Waals surface area contributed by atoms with Gasteiger partial charge in [-0.05, 0) is 24.3 Å². The lowest BCUT2D eigenvalue weighted by molar-refractivity contribution is 0.170. The lowest BCUT2D eigenvalue weighted by atomic mass is 10.1. The van der Waals surface area contributed by atoms with Crippen LogP contribution in [0.2, 0.25) is 0 Å². The van der Waals surface area contributed by atoms with Crippen LogP contribution in [0, 0.1) is 17.1 Å². The number of nitrogens with zero attached hydrogens (tertiary/aromatic N) is 4. The van der Waals surface area contributed by atoms with E-state index in [1.54, 1.807) is 19.2 Å². The summed E-state index contributed by atoms with van der Waals surface area (Å²) in [5, 5.41) is 9.38. The summed E-state index contributed by atoms with van der Waals surface area (Å²) in [4.78, 5) is 26.3. The molecular weight excluding hydrogens is 339 g/mol. The van der Waals surface area contributed by atoms with Crippen molar-refractivity contribution in [3.8, 4) is 11.8 Å². The fraction of sp³-hybridized carbons (Fsp3) is 0.389. The highest BCUT2D eigenvalue weighted by molar-refractivity contribution is 5.53. The van der Waals surface area contributed by atoms with Gasteiger partial charge in [0.25, 0.3) is 5.56 Å². The molecule has 7 nitrogen and oxygen atoms in total. The first-order valence-corrected chi connectivity index (χ1v) is 8.29. The minimum absolute atomic E-state index is 0.0347. The Kier molecular flexibility index (Phi) is 4.80. The quantitative estimate of drug-likeness (QED) is 0.822. The highest BCUT2D eigenvalue weighted by atomic mass is 19.1. The molecule has 136 valence electrons. The molecule has 1 fully saturated rings. The van der Waals surface area contributed by atoms with Crippen LogP contribution >= 0.6 is 0 Å². The van der Waals surface area contributed by atoms with Gasteiger partial charge >= 0.3 is 5.69 Å². The summed E-state index contributed by atoms with van der Waals surface area (Å²) in [7, 11) is 2.91. The third kappa shape index (κ3) is 3.20. The summed E-state index contributed by atoms with van der Waals surface area (Å²) in [5.74, 6) is 0.632. The van der Waals surface area contributed by atoms with E-state index in [1.807, 2.05) is 11.0 Å². The Hall–Kier alpha value is -3.08. The molecule has 2 aromatic rings. The van der Waals surface area contributed by atoms with Crippen LogP contribution in [0.25, 0.3) is 0 Å². The summed E-state index contributed by atoms with van der Waals surface area (Å²) in [6, 6.07) is 7.78. The topological polar surface area (TPSA) is 80.3 Å². The Morgan fingerprint density at radius 1 is 1.12 bits per heavy atom. The fourth-order valence-electron chi connectivity index (χ4n) is 3.19. The number of ether oxygens (including phenoxy) is 1. The molecule has 0 radical (unpaired) electrons. The van der Waals surface area contributed by atoms with E-state index in [0.717, 1.165) is 4.57 Å². The number of rotatable bonds is 3. The Bertz CT molecular complexity index is 964. The van der Waals surface area contributed by atoms with E-state index in [0.29, 0.717) is 37.5 Å². The van der Waals surface area contributed by atoms with Gasteiger partial charge in [0.15, 0.2) is 5.56 Å². The lowest BCUT2D eigenvalue weighted by Gasteiger charge is -2.34. The van der Waals surface area contributed by atoms with Gasteiger partial charge in [-0.2, -0.15) is 5.26 Å². The maximum absolute atomic E-state index is 13.0. The van der Waals surface area contributed by atoms with Crippen LogP contribution in [0.3, 0.4) is 0 Å². The molecule has 8 heteroatoms. The maximum Gasteiger partial charge on any atom is 0.332 e. The van der Waals surface area contributed by atoms with E-state index in [2.05, 4.69) is 0 Å². The summed E-state index contributed by atoms with van der Waals surface area (Å²) in [6.45, 7) is 1.09. The third-order valence-corrected chi connectivity index (χ3v) is 4.60. The number of benzene rings is 1. The molecule has 0 saturated carbocycles. The third-order valence-electron chi connectivity index (χ3n) is 4.60. The average molecular weight is 358 g/mol. The van der Waals surface area contributed by atoms with Gasteiger partial charge in [-0.1, -0.05) is 0 Å². The summed E-state index contributed by atoms with van der Waals surface area (Å²) in [5.41, 5.74) is -1.09. The van der Waals surface area contributed by atoms with Crippen LogP contribution in [0.5, 0.6) is 5.75 Å². The molecule has 3 rings (SSSR count). The number of piperidine rings is 1. The molecule has 0 aliphatic carbocycles. The van der Waals surface area contributed by atoms with Gasteiger partial charge in [-0.15, -0.1) is 0 Å². The first-order chi connectivity index (χ1) is 12.4. The summed E-state index contributed by atoms with van der Waals surface area (Å²) >= 11 is 0. The SMILES string of the molecule is Cn1c(N2CCC(Oc3ccc(F)cc3)CC2)c(C#N)c(=O)n(C)c1=O. The lowest BCUT2D eigenvalue weighted by Crippen LogP contribution is -2.46. The van der Waals surface area contributed by atoms with Gasteiger partial charge in [0, 0.05) is 40.0 Å². The highest BCUT2D eigenvalue weighted by Crippen LogP contribution is 2.23. The van der Waals surface area contributed by atoms with Crippen LogP contribution < -0.4 is 20.9 Å². The molecule has 1 aromatic heterocycles. The monoisotopic (exact) mass is 358 g/mol. The second-order valence-corrected chi connectivity index (χ2v) is 6.27. The molecule has 1 aliphatic heterocycles. The largest absolute Gasteiger partial charge is 0.490 e. The first-order valence-electron chi connectivity index (χ1n) is 8.29. The zero-order chi connectivity index (χ0) is 18.8. The molecule has 2 heterocycles. The maximum atomic E-state index is 13.0. The second kappa shape index (κ2) is 7.04. The van der Waals surface area contributed by atoms with Crippen molar-refractivity contribution in [2.45, 2.75) is 18.9 Å². The minimum Gasteiger partial charge on any atom is -0.490 e. The Morgan fingerprint density at radius 3 is 2.31 bits per heavy atom. The molecule has 0 amide bonds. The normalized spacial score (nSPS) is 14.9. The van der Waals surface area contributed by atoms with Gasteiger partial charge in [0.2, 0.25) is 0 Å². The average Bonchev–Trinajstić information content (AvgIpc) is 2.65. The molecule has 0 bridgehead atoms. The minimum atomic E-state index is -0.588. The molecule has 1 saturated heterocycles. The molecular formula is C18H19FN4O3. The van der Waals surface area contributed by atoms with E-state index in [9.17, 15) is 19.2 Å². The van der Waals surface area contributed by atoms with Gasteiger partial charge in [-0.3, -0.25) is 13.9 Å². The first kappa shape index (κ1) is 17.7. The number of halogens is 1. The number of hydrogen-bond acceptors (Lipinski definition) is 5. The number of hydrogen-bond donors (Lipinski definition) is 0. The van der Waals surface area contributed by atoms with Crippen molar-refractivity contribution in [1.29, 1.82) is 5.26 Å². The molecule has 0 unspecified atom stereocenters. The number of anilines is 1. The zero-order valence-corrected chi connectivity index (χ0v) is 14.6. The standard InChI is InChI=1S/C18H19FN4O3/c1-21-16(15(11-20)17(24)22(2)18(21)25)23-9-7-14(8-10-23)26-13-5-3-12(19)4-6-13/h3-6,14H,7-10H2,1-2H3. The van der Waals surface area contributed by atoms with Crippen molar-refractivity contribution in [1.82, 2.24) is 9.13 Å². The van der Waals surface area contributed by atoms with Crippen LogP contribution in [-0.4, -0.2) is 28.3 Å². The zero-order valence-electron chi connectivity index (χ0n) is 14.6. The van der Waals surface area contributed by atoms with Crippen LogP contribution in [0.1, 0.15) is 18.4 Å². The van der Waals surface area contributed by atoms with Crippen molar-refractivity contribution in [3.05, 3.63) is 56.5 Å². The van der Waals surface area contributed by atoms with Crippen LogP contribution in [0.15, 0.2) is 33.9 Å². The van der Waals surface area contributed by atoms with E-state index in [4.69, 9.17) is 4.74 Å². The van der Waals surface area contributed by atoms with E-state index < -0.39 is 11.2 Å². The Balaban J connectivity index is 1.78. The molecule has 26 heavy (non-hydrogen) atoms. The van der Waals surface area contributed by atoms with Crippen molar-refractivity contribution in [2.75, 3.05) is 18.0 Å². The molecule has 1 aromatic carbocycles.